The van der Waals surface area contributed by atoms with Crippen molar-refractivity contribution < 1.29 is 4.74 Å². The van der Waals surface area contributed by atoms with Gasteiger partial charge in [-0.15, -0.1) is 0 Å². The fraction of sp³-hybridized carbons (Fsp3) is 0.267. The molecule has 1 heterocycles. The summed E-state index contributed by atoms with van der Waals surface area (Å²) in [6.07, 6.45) is 1.97. The minimum Gasteiger partial charge on any atom is -0.496 e. The molecule has 0 fully saturated rings. The summed E-state index contributed by atoms with van der Waals surface area (Å²) in [6.45, 7) is 0. The Morgan fingerprint density at radius 3 is 2.89 bits per heavy atom. The molecule has 2 N–H and O–H groups in total. The van der Waals surface area contributed by atoms with Crippen LogP contribution >= 0.6 is 0 Å². The molecule has 1 aliphatic rings. The van der Waals surface area contributed by atoms with Gasteiger partial charge in [0.25, 0.3) is 0 Å². The summed E-state index contributed by atoms with van der Waals surface area (Å²) in [5.74, 6) is 0.854. The van der Waals surface area contributed by atoms with Crippen LogP contribution in [0.2, 0.25) is 0 Å². The van der Waals surface area contributed by atoms with E-state index in [0.717, 1.165) is 35.5 Å². The summed E-state index contributed by atoms with van der Waals surface area (Å²) in [6, 6.07) is 12.2. The van der Waals surface area contributed by atoms with Crippen molar-refractivity contribution in [1.82, 2.24) is 4.98 Å². The van der Waals surface area contributed by atoms with E-state index in [1.165, 1.54) is 5.56 Å². The molecule has 0 radical (unpaired) electrons. The number of pyridine rings is 1. The predicted molar refractivity (Wildman–Crippen MR) is 71.5 cm³/mol. The third-order valence-corrected chi connectivity index (χ3v) is 3.48. The van der Waals surface area contributed by atoms with Gasteiger partial charge in [-0.2, -0.15) is 0 Å². The fourth-order valence-corrected chi connectivity index (χ4v) is 2.50. The van der Waals surface area contributed by atoms with E-state index < -0.39 is 0 Å². The van der Waals surface area contributed by atoms with Crippen LogP contribution in [0.5, 0.6) is 5.75 Å². The molecule has 2 aromatic rings. The van der Waals surface area contributed by atoms with Crippen molar-refractivity contribution in [1.29, 1.82) is 0 Å². The third kappa shape index (κ3) is 1.77. The predicted octanol–water partition coefficient (Wildman–Crippen LogP) is 2.70. The van der Waals surface area contributed by atoms with Crippen LogP contribution in [0.3, 0.4) is 0 Å². The standard InChI is InChI=1S/C15H16N2O/c1-18-15-5-3-2-4-11(15)14-8-6-10-12(16)7-9-13(10)17-14/h2-6,8,12H,7,9,16H2,1H3. The number of aromatic nitrogens is 1. The van der Waals surface area contributed by atoms with E-state index in [1.807, 2.05) is 30.3 Å². The van der Waals surface area contributed by atoms with E-state index in [-0.39, 0.29) is 6.04 Å². The Kier molecular flexibility index (Phi) is 2.76. The lowest BCUT2D eigenvalue weighted by atomic mass is 10.1. The van der Waals surface area contributed by atoms with Crippen molar-refractivity contribution in [2.24, 2.45) is 5.73 Å². The Balaban J connectivity index is 2.08. The first kappa shape index (κ1) is 11.2. The normalized spacial score (nSPS) is 17.6. The number of nitrogens with zero attached hydrogens (tertiary/aromatic N) is 1. The van der Waals surface area contributed by atoms with Gasteiger partial charge in [-0.05, 0) is 36.6 Å². The summed E-state index contributed by atoms with van der Waals surface area (Å²) in [5, 5.41) is 0. The maximum atomic E-state index is 6.03. The van der Waals surface area contributed by atoms with Crippen molar-refractivity contribution in [2.45, 2.75) is 18.9 Å². The highest BCUT2D eigenvalue weighted by atomic mass is 16.5. The van der Waals surface area contributed by atoms with Crippen molar-refractivity contribution in [2.75, 3.05) is 7.11 Å². The molecule has 0 spiro atoms. The van der Waals surface area contributed by atoms with Crippen LogP contribution in [0.1, 0.15) is 23.7 Å². The van der Waals surface area contributed by atoms with E-state index in [0.29, 0.717) is 0 Å². The Hall–Kier alpha value is -1.87. The van der Waals surface area contributed by atoms with Gasteiger partial charge >= 0.3 is 0 Å². The van der Waals surface area contributed by atoms with Gasteiger partial charge in [-0.3, -0.25) is 4.98 Å². The van der Waals surface area contributed by atoms with Gasteiger partial charge in [0.1, 0.15) is 5.75 Å². The largest absolute Gasteiger partial charge is 0.496 e. The second-order valence-corrected chi connectivity index (χ2v) is 4.58. The number of rotatable bonds is 2. The number of ether oxygens (including phenoxy) is 1. The summed E-state index contributed by atoms with van der Waals surface area (Å²) in [7, 11) is 1.68. The van der Waals surface area contributed by atoms with Gasteiger partial charge in [0, 0.05) is 17.3 Å². The second kappa shape index (κ2) is 4.42. The van der Waals surface area contributed by atoms with Crippen LogP contribution in [-0.2, 0) is 6.42 Å². The van der Waals surface area contributed by atoms with Gasteiger partial charge in [0.15, 0.2) is 0 Å². The third-order valence-electron chi connectivity index (χ3n) is 3.48. The monoisotopic (exact) mass is 240 g/mol. The Morgan fingerprint density at radius 1 is 1.22 bits per heavy atom. The minimum atomic E-state index is 0.152. The lowest BCUT2D eigenvalue weighted by Gasteiger charge is -2.09. The Bertz CT molecular complexity index is 580. The van der Waals surface area contributed by atoms with Gasteiger partial charge in [0.05, 0.1) is 12.8 Å². The van der Waals surface area contributed by atoms with Gasteiger partial charge in [-0.1, -0.05) is 18.2 Å². The molecule has 3 nitrogen and oxygen atoms in total. The maximum Gasteiger partial charge on any atom is 0.128 e. The molecule has 1 aromatic heterocycles. The van der Waals surface area contributed by atoms with Crippen LogP contribution in [0.25, 0.3) is 11.3 Å². The number of nitrogens with two attached hydrogens (primary N) is 1. The maximum absolute atomic E-state index is 6.03. The zero-order chi connectivity index (χ0) is 12.5. The minimum absolute atomic E-state index is 0.152. The molecule has 1 aromatic carbocycles. The van der Waals surface area contributed by atoms with E-state index in [9.17, 15) is 0 Å². The summed E-state index contributed by atoms with van der Waals surface area (Å²) in [4.78, 5) is 4.72. The number of aryl methyl sites for hydroxylation is 1. The molecule has 18 heavy (non-hydrogen) atoms. The second-order valence-electron chi connectivity index (χ2n) is 4.58. The molecule has 0 saturated carbocycles. The van der Waals surface area contributed by atoms with Crippen molar-refractivity contribution in [3.8, 4) is 17.0 Å². The quantitative estimate of drug-likeness (QED) is 0.878. The Labute approximate surface area is 107 Å². The first-order valence-corrected chi connectivity index (χ1v) is 6.18. The number of hydrogen-bond acceptors (Lipinski definition) is 3. The van der Waals surface area contributed by atoms with Crippen LogP contribution in [0, 0.1) is 0 Å². The summed E-state index contributed by atoms with van der Waals surface area (Å²) >= 11 is 0. The summed E-state index contributed by atoms with van der Waals surface area (Å²) in [5.41, 5.74) is 10.3. The molecule has 0 saturated heterocycles. The molecule has 0 aliphatic heterocycles. The Morgan fingerprint density at radius 2 is 2.06 bits per heavy atom. The molecule has 1 unspecified atom stereocenters. The van der Waals surface area contributed by atoms with E-state index in [2.05, 4.69) is 6.07 Å². The van der Waals surface area contributed by atoms with Crippen LogP contribution in [0.4, 0.5) is 0 Å². The highest BCUT2D eigenvalue weighted by molar-refractivity contribution is 5.67. The highest BCUT2D eigenvalue weighted by Gasteiger charge is 2.21. The molecule has 0 amide bonds. The molecule has 92 valence electrons. The number of benzene rings is 1. The number of fused-ring (bicyclic) bond motifs is 1. The average molecular weight is 240 g/mol. The van der Waals surface area contributed by atoms with E-state index in [1.54, 1.807) is 7.11 Å². The van der Waals surface area contributed by atoms with Gasteiger partial charge in [0.2, 0.25) is 0 Å². The molecule has 3 heteroatoms. The SMILES string of the molecule is COc1ccccc1-c1ccc2c(n1)CCC2N. The molecular weight excluding hydrogens is 224 g/mol. The first-order chi connectivity index (χ1) is 8.79. The first-order valence-electron chi connectivity index (χ1n) is 6.18. The smallest absolute Gasteiger partial charge is 0.128 e. The molecule has 0 bridgehead atoms. The van der Waals surface area contributed by atoms with Gasteiger partial charge in [-0.25, -0.2) is 0 Å². The molecule has 1 aliphatic carbocycles. The molecular formula is C15H16N2O. The van der Waals surface area contributed by atoms with E-state index in [4.69, 9.17) is 15.5 Å². The topological polar surface area (TPSA) is 48.1 Å². The number of hydrogen-bond donors (Lipinski definition) is 1. The van der Waals surface area contributed by atoms with Crippen LogP contribution < -0.4 is 10.5 Å². The molecule has 1 atom stereocenters. The van der Waals surface area contributed by atoms with Crippen LogP contribution in [-0.4, -0.2) is 12.1 Å². The molecule has 3 rings (SSSR count). The van der Waals surface area contributed by atoms with Crippen molar-refractivity contribution in [3.63, 3.8) is 0 Å². The highest BCUT2D eigenvalue weighted by Crippen LogP contribution is 2.33. The van der Waals surface area contributed by atoms with Crippen molar-refractivity contribution >= 4 is 0 Å². The average Bonchev–Trinajstić information content (AvgIpc) is 2.80. The lowest BCUT2D eigenvalue weighted by Crippen LogP contribution is -2.05. The summed E-state index contributed by atoms with van der Waals surface area (Å²) < 4.78 is 5.38. The fourth-order valence-electron chi connectivity index (χ4n) is 2.50. The number of para-hydroxylation sites is 1. The van der Waals surface area contributed by atoms with Crippen molar-refractivity contribution in [3.05, 3.63) is 47.7 Å². The van der Waals surface area contributed by atoms with Crippen LogP contribution in [0.15, 0.2) is 36.4 Å². The number of methoxy groups -OCH3 is 1. The van der Waals surface area contributed by atoms with E-state index >= 15 is 0 Å². The lowest BCUT2D eigenvalue weighted by molar-refractivity contribution is 0.416. The zero-order valence-electron chi connectivity index (χ0n) is 10.4. The zero-order valence-corrected chi connectivity index (χ0v) is 10.4. The van der Waals surface area contributed by atoms with Gasteiger partial charge < -0.3 is 10.5 Å².